The van der Waals surface area contributed by atoms with Crippen molar-refractivity contribution in [3.05, 3.63) is 82.2 Å². The molecule has 0 aliphatic rings. The largest absolute Gasteiger partial charge is 0.497 e. The van der Waals surface area contributed by atoms with Crippen molar-refractivity contribution in [2.75, 3.05) is 7.11 Å². The molecule has 0 saturated carbocycles. The number of nitrogens with zero attached hydrogens (tertiary/aromatic N) is 3. The van der Waals surface area contributed by atoms with E-state index >= 15 is 0 Å². The molecular formula is C26H27N5O4S. The minimum Gasteiger partial charge on any atom is -0.497 e. The zero-order valence-electron chi connectivity index (χ0n) is 20.4. The molecule has 0 aliphatic carbocycles. The van der Waals surface area contributed by atoms with Crippen LogP contribution >= 0.6 is 0 Å². The molecule has 9 nitrogen and oxygen atoms in total. The molecular weight excluding hydrogens is 478 g/mol. The van der Waals surface area contributed by atoms with E-state index in [4.69, 9.17) is 14.9 Å². The Balaban J connectivity index is 1.79. The van der Waals surface area contributed by atoms with Gasteiger partial charge in [-0.1, -0.05) is 12.1 Å². The second kappa shape index (κ2) is 8.65. The number of H-pyrrole nitrogens is 1. The molecule has 10 heteroatoms. The molecule has 0 radical (unpaired) electrons. The van der Waals surface area contributed by atoms with Crippen LogP contribution in [0.3, 0.4) is 0 Å². The van der Waals surface area contributed by atoms with Crippen LogP contribution in [-0.2, 0) is 23.6 Å². The van der Waals surface area contributed by atoms with Crippen molar-refractivity contribution >= 4 is 32.0 Å². The molecule has 0 saturated heterocycles. The summed E-state index contributed by atoms with van der Waals surface area (Å²) < 4.78 is 33.7. The highest BCUT2D eigenvalue weighted by Crippen LogP contribution is 2.36. The van der Waals surface area contributed by atoms with E-state index in [0.717, 1.165) is 39.2 Å². The van der Waals surface area contributed by atoms with Crippen LogP contribution in [0.25, 0.3) is 33.1 Å². The molecule has 5 aromatic rings. The normalized spacial score (nSPS) is 12.9. The third kappa shape index (κ3) is 3.98. The molecule has 5 rings (SSSR count). The van der Waals surface area contributed by atoms with Gasteiger partial charge >= 0.3 is 0 Å². The van der Waals surface area contributed by atoms with Gasteiger partial charge < -0.3 is 18.9 Å². The van der Waals surface area contributed by atoms with E-state index in [1.54, 1.807) is 33.5 Å². The highest BCUT2D eigenvalue weighted by molar-refractivity contribution is 7.89. The lowest BCUT2D eigenvalue weighted by Crippen LogP contribution is -2.19. The second-order valence-corrected chi connectivity index (χ2v) is 10.9. The van der Waals surface area contributed by atoms with Gasteiger partial charge in [0, 0.05) is 36.9 Å². The third-order valence-corrected chi connectivity index (χ3v) is 7.95. The molecule has 0 bridgehead atoms. The van der Waals surface area contributed by atoms with Crippen molar-refractivity contribution in [2.24, 2.45) is 12.2 Å². The number of imidazole rings is 1. The maximum Gasteiger partial charge on any atom is 0.274 e. The average Bonchev–Trinajstić information content (AvgIpc) is 3.45. The van der Waals surface area contributed by atoms with Gasteiger partial charge in [0.05, 0.1) is 23.4 Å². The number of aromatic amines is 1. The van der Waals surface area contributed by atoms with Crippen LogP contribution < -0.4 is 15.4 Å². The van der Waals surface area contributed by atoms with Gasteiger partial charge in [-0.05, 0) is 60.9 Å². The molecule has 2 aromatic carbocycles. The summed E-state index contributed by atoms with van der Waals surface area (Å²) in [5.41, 5.74) is 4.83. The quantitative estimate of drug-likeness (QED) is 0.365. The van der Waals surface area contributed by atoms with E-state index in [2.05, 4.69) is 9.55 Å². The van der Waals surface area contributed by atoms with Gasteiger partial charge in [0.2, 0.25) is 10.0 Å². The van der Waals surface area contributed by atoms with Gasteiger partial charge in [-0.15, -0.1) is 0 Å². The first-order valence-electron chi connectivity index (χ1n) is 11.4. The van der Waals surface area contributed by atoms with E-state index in [-0.39, 0.29) is 5.56 Å². The summed E-state index contributed by atoms with van der Waals surface area (Å²) in [6, 6.07) is 13.4. The Morgan fingerprint density at radius 3 is 2.56 bits per heavy atom. The number of hydrogen-bond acceptors (Lipinski definition) is 5. The molecule has 0 spiro atoms. The van der Waals surface area contributed by atoms with Crippen LogP contribution in [0.15, 0.2) is 59.7 Å². The summed E-state index contributed by atoms with van der Waals surface area (Å²) >= 11 is 0. The number of rotatable bonds is 6. The minimum absolute atomic E-state index is 0.140. The Kier molecular flexibility index (Phi) is 5.73. The number of aryl methyl sites for hydroxylation is 2. The van der Waals surface area contributed by atoms with Gasteiger partial charge in [-0.25, -0.2) is 18.5 Å². The molecule has 0 amide bonds. The highest BCUT2D eigenvalue weighted by Gasteiger charge is 2.25. The number of sulfonamides is 1. The van der Waals surface area contributed by atoms with Gasteiger partial charge in [-0.2, -0.15) is 0 Å². The van der Waals surface area contributed by atoms with Crippen molar-refractivity contribution in [1.29, 1.82) is 0 Å². The van der Waals surface area contributed by atoms with Crippen LogP contribution in [0.2, 0.25) is 0 Å². The monoisotopic (exact) mass is 505 g/mol. The van der Waals surface area contributed by atoms with Crippen molar-refractivity contribution in [3.63, 3.8) is 0 Å². The number of fused-ring (bicyclic) bond motifs is 2. The zero-order valence-corrected chi connectivity index (χ0v) is 21.3. The lowest BCUT2D eigenvalue weighted by molar-refractivity contribution is 0.414. The van der Waals surface area contributed by atoms with E-state index in [9.17, 15) is 13.2 Å². The van der Waals surface area contributed by atoms with Crippen LogP contribution in [0, 0.1) is 6.92 Å². The maximum atomic E-state index is 12.6. The number of hydrogen-bond donors (Lipinski definition) is 2. The summed E-state index contributed by atoms with van der Waals surface area (Å²) in [6.07, 6.45) is 3.49. The molecule has 0 aliphatic heterocycles. The SMILES string of the molecule is COc1ccc(Cn2c(C)nc3c(C(C)S(N)(=O)=O)cc(-c4cn(C)c(=O)c5[nH]ccc45)cc32)cc1. The first kappa shape index (κ1) is 23.8. The lowest BCUT2D eigenvalue weighted by Gasteiger charge is -2.15. The Morgan fingerprint density at radius 1 is 1.17 bits per heavy atom. The summed E-state index contributed by atoms with van der Waals surface area (Å²) in [5, 5.41) is 5.36. The molecule has 1 unspecified atom stereocenters. The fourth-order valence-electron chi connectivity index (χ4n) is 4.62. The molecule has 1 atom stereocenters. The van der Waals surface area contributed by atoms with Gasteiger partial charge in [-0.3, -0.25) is 4.79 Å². The fraction of sp³-hybridized carbons (Fsp3) is 0.231. The summed E-state index contributed by atoms with van der Waals surface area (Å²) in [6.45, 7) is 4.00. The zero-order chi connectivity index (χ0) is 25.8. The Labute approximate surface area is 208 Å². The lowest BCUT2D eigenvalue weighted by atomic mass is 9.99. The number of aromatic nitrogens is 4. The third-order valence-electron chi connectivity index (χ3n) is 6.71. The van der Waals surface area contributed by atoms with Gasteiger partial charge in [0.15, 0.2) is 0 Å². The number of ether oxygens (including phenoxy) is 1. The summed E-state index contributed by atoms with van der Waals surface area (Å²) in [4.78, 5) is 20.4. The molecule has 3 aromatic heterocycles. The summed E-state index contributed by atoms with van der Waals surface area (Å²) in [7, 11) is -0.572. The predicted octanol–water partition coefficient (Wildman–Crippen LogP) is 3.60. The topological polar surface area (TPSA) is 125 Å². The van der Waals surface area contributed by atoms with Crippen LogP contribution in [0.4, 0.5) is 0 Å². The first-order chi connectivity index (χ1) is 17.1. The fourth-order valence-corrected chi connectivity index (χ4v) is 5.15. The van der Waals surface area contributed by atoms with Crippen molar-refractivity contribution in [2.45, 2.75) is 25.6 Å². The smallest absolute Gasteiger partial charge is 0.274 e. The average molecular weight is 506 g/mol. The van der Waals surface area contributed by atoms with Gasteiger partial charge in [0.25, 0.3) is 5.56 Å². The minimum atomic E-state index is -3.89. The summed E-state index contributed by atoms with van der Waals surface area (Å²) in [5.74, 6) is 1.51. The number of nitrogens with one attached hydrogen (secondary N) is 1. The molecule has 186 valence electrons. The van der Waals surface area contributed by atoms with Crippen LogP contribution in [0.5, 0.6) is 5.75 Å². The first-order valence-corrected chi connectivity index (χ1v) is 13.0. The Hall–Kier alpha value is -3.89. The number of benzene rings is 2. The van der Waals surface area contributed by atoms with E-state index in [0.29, 0.717) is 23.1 Å². The molecule has 3 heterocycles. The molecule has 0 fully saturated rings. The molecule has 36 heavy (non-hydrogen) atoms. The Morgan fingerprint density at radius 2 is 1.89 bits per heavy atom. The van der Waals surface area contributed by atoms with Crippen LogP contribution in [-0.4, -0.2) is 34.6 Å². The highest BCUT2D eigenvalue weighted by atomic mass is 32.2. The van der Waals surface area contributed by atoms with Gasteiger partial charge in [0.1, 0.15) is 17.1 Å². The predicted molar refractivity (Wildman–Crippen MR) is 141 cm³/mol. The number of pyridine rings is 1. The molecule has 3 N–H and O–H groups in total. The van der Waals surface area contributed by atoms with E-state index < -0.39 is 15.3 Å². The number of primary sulfonamides is 1. The van der Waals surface area contributed by atoms with Crippen molar-refractivity contribution < 1.29 is 13.2 Å². The Bertz CT molecular complexity index is 1780. The van der Waals surface area contributed by atoms with Crippen molar-refractivity contribution in [3.8, 4) is 16.9 Å². The van der Waals surface area contributed by atoms with E-state index in [1.807, 2.05) is 49.4 Å². The number of methoxy groups -OCH3 is 1. The maximum absolute atomic E-state index is 12.6. The second-order valence-electron chi connectivity index (χ2n) is 8.98. The number of nitrogens with two attached hydrogens (primary N) is 1. The standard InChI is InChI=1S/C26H27N5O4S/c1-15(36(27,33)34)21-11-18(22-14-30(3)26(32)25-20(22)9-10-28-25)12-23-24(21)29-16(2)31(23)13-17-5-7-19(35-4)8-6-17/h5-12,14-15,28H,13H2,1-4H3,(H2,27,33,34). The van der Waals surface area contributed by atoms with Crippen LogP contribution in [0.1, 0.15) is 29.1 Å². The van der Waals surface area contributed by atoms with E-state index in [1.165, 1.54) is 4.57 Å². The van der Waals surface area contributed by atoms with Crippen molar-refractivity contribution in [1.82, 2.24) is 19.1 Å².